The zero-order valence-corrected chi connectivity index (χ0v) is 13.0. The number of hydrogen-bond donors (Lipinski definition) is 1. The van der Waals surface area contributed by atoms with E-state index in [1.807, 2.05) is 0 Å². The van der Waals surface area contributed by atoms with Gasteiger partial charge in [0.05, 0.1) is 0 Å². The minimum Gasteiger partial charge on any atom is -0.309 e. The summed E-state index contributed by atoms with van der Waals surface area (Å²) in [4.78, 5) is 2.59. The van der Waals surface area contributed by atoms with Crippen LogP contribution in [0.2, 0.25) is 0 Å². The number of benzene rings is 1. The molecule has 3 unspecified atom stereocenters. The van der Waals surface area contributed by atoms with Crippen LogP contribution in [0.4, 0.5) is 0 Å². The average Bonchev–Trinajstić information content (AvgIpc) is 2.37. The monoisotopic (exact) mass is 260 g/mol. The summed E-state index contributed by atoms with van der Waals surface area (Å²) >= 11 is 0. The van der Waals surface area contributed by atoms with Gasteiger partial charge in [-0.05, 0) is 37.8 Å². The highest BCUT2D eigenvalue weighted by atomic mass is 15.2. The summed E-state index contributed by atoms with van der Waals surface area (Å²) in [5.74, 6) is 0.614. The summed E-state index contributed by atoms with van der Waals surface area (Å²) < 4.78 is 0. The Morgan fingerprint density at radius 3 is 1.89 bits per heavy atom. The van der Waals surface area contributed by atoms with Gasteiger partial charge in [-0.3, -0.25) is 4.90 Å². The number of rotatable bonds is 3. The highest BCUT2D eigenvalue weighted by molar-refractivity contribution is 5.26. The molecule has 1 aromatic carbocycles. The van der Waals surface area contributed by atoms with Gasteiger partial charge in [-0.1, -0.05) is 38.1 Å². The lowest BCUT2D eigenvalue weighted by Crippen LogP contribution is -2.54. The lowest BCUT2D eigenvalue weighted by molar-refractivity contribution is 0.131. The number of hydrogen-bond acceptors (Lipinski definition) is 2. The van der Waals surface area contributed by atoms with Crippen molar-refractivity contribution in [1.82, 2.24) is 10.2 Å². The maximum absolute atomic E-state index is 3.60. The van der Waals surface area contributed by atoms with Crippen molar-refractivity contribution in [2.75, 3.05) is 13.1 Å². The van der Waals surface area contributed by atoms with Crippen LogP contribution >= 0.6 is 0 Å². The van der Waals surface area contributed by atoms with Gasteiger partial charge in [0.25, 0.3) is 0 Å². The third kappa shape index (κ3) is 3.58. The second-order valence-electron chi connectivity index (χ2n) is 6.42. The minimum absolute atomic E-state index is 0.508. The largest absolute Gasteiger partial charge is 0.309 e. The summed E-state index contributed by atoms with van der Waals surface area (Å²) in [6, 6.07) is 10.8. The third-order valence-corrected chi connectivity index (χ3v) is 4.22. The van der Waals surface area contributed by atoms with Crippen LogP contribution in [-0.4, -0.2) is 30.1 Å². The van der Waals surface area contributed by atoms with E-state index in [0.29, 0.717) is 24.0 Å². The molecule has 0 aromatic heterocycles. The fourth-order valence-electron chi connectivity index (χ4n) is 3.06. The van der Waals surface area contributed by atoms with Gasteiger partial charge in [0.2, 0.25) is 0 Å². The molecule has 1 aliphatic heterocycles. The molecule has 1 aromatic rings. The molecule has 1 fully saturated rings. The highest BCUT2D eigenvalue weighted by Gasteiger charge is 2.25. The Morgan fingerprint density at radius 2 is 1.42 bits per heavy atom. The van der Waals surface area contributed by atoms with Crippen molar-refractivity contribution in [3.63, 3.8) is 0 Å². The Labute approximate surface area is 118 Å². The fraction of sp³-hybridized carbons (Fsp3) is 0.647. The van der Waals surface area contributed by atoms with E-state index in [9.17, 15) is 0 Å². The molecule has 2 nitrogen and oxygen atoms in total. The Bertz CT molecular complexity index is 386. The first-order valence-corrected chi connectivity index (χ1v) is 7.57. The van der Waals surface area contributed by atoms with Crippen LogP contribution in [0, 0.1) is 0 Å². The zero-order chi connectivity index (χ0) is 14.0. The lowest BCUT2D eigenvalue weighted by Gasteiger charge is -2.39. The van der Waals surface area contributed by atoms with E-state index in [2.05, 4.69) is 69.1 Å². The zero-order valence-electron chi connectivity index (χ0n) is 13.0. The predicted molar refractivity (Wildman–Crippen MR) is 82.6 cm³/mol. The topological polar surface area (TPSA) is 15.3 Å². The molecule has 1 heterocycles. The van der Waals surface area contributed by atoms with Gasteiger partial charge < -0.3 is 5.32 Å². The molecule has 106 valence electrons. The number of piperazine rings is 1. The molecular formula is C17H28N2. The maximum Gasteiger partial charge on any atom is 0.0321 e. The van der Waals surface area contributed by atoms with Gasteiger partial charge >= 0.3 is 0 Å². The van der Waals surface area contributed by atoms with E-state index in [1.54, 1.807) is 0 Å². The van der Waals surface area contributed by atoms with Crippen LogP contribution in [-0.2, 0) is 0 Å². The Hall–Kier alpha value is -0.860. The molecular weight excluding hydrogens is 232 g/mol. The second kappa shape index (κ2) is 6.06. The first-order chi connectivity index (χ1) is 8.97. The molecule has 1 N–H and O–H groups in total. The van der Waals surface area contributed by atoms with Crippen molar-refractivity contribution in [2.45, 2.75) is 58.7 Å². The van der Waals surface area contributed by atoms with Crippen molar-refractivity contribution in [3.05, 3.63) is 35.4 Å². The van der Waals surface area contributed by atoms with Crippen LogP contribution in [0.1, 0.15) is 57.7 Å². The minimum atomic E-state index is 0.508. The van der Waals surface area contributed by atoms with Gasteiger partial charge in [0, 0.05) is 31.2 Å². The highest BCUT2D eigenvalue weighted by Crippen LogP contribution is 2.24. The SMILES string of the molecule is CC1CN(C(C)c2ccc(C(C)C)cc2)CC(C)N1. The normalized spacial score (nSPS) is 26.6. The standard InChI is InChI=1S/C17H28N2/c1-12(2)16-6-8-17(9-7-16)15(5)19-10-13(3)18-14(4)11-19/h6-9,12-15,18H,10-11H2,1-5H3. The van der Waals surface area contributed by atoms with Crippen molar-refractivity contribution in [2.24, 2.45) is 0 Å². The molecule has 1 saturated heterocycles. The van der Waals surface area contributed by atoms with Gasteiger partial charge in [0.15, 0.2) is 0 Å². The summed E-state index contributed by atoms with van der Waals surface area (Å²) in [5, 5.41) is 3.60. The molecule has 19 heavy (non-hydrogen) atoms. The third-order valence-electron chi connectivity index (χ3n) is 4.22. The first kappa shape index (κ1) is 14.5. The second-order valence-corrected chi connectivity index (χ2v) is 6.42. The van der Waals surface area contributed by atoms with Gasteiger partial charge in [-0.25, -0.2) is 0 Å². The summed E-state index contributed by atoms with van der Waals surface area (Å²) in [6.45, 7) is 13.6. The van der Waals surface area contributed by atoms with E-state index in [1.165, 1.54) is 11.1 Å². The van der Waals surface area contributed by atoms with Crippen LogP contribution in [0.5, 0.6) is 0 Å². The molecule has 0 saturated carbocycles. The molecule has 2 heteroatoms. The molecule has 3 atom stereocenters. The van der Waals surface area contributed by atoms with E-state index in [4.69, 9.17) is 0 Å². The average molecular weight is 260 g/mol. The van der Waals surface area contributed by atoms with Gasteiger partial charge in [0.1, 0.15) is 0 Å². The summed E-state index contributed by atoms with van der Waals surface area (Å²) in [5.41, 5.74) is 2.86. The van der Waals surface area contributed by atoms with Gasteiger partial charge in [-0.15, -0.1) is 0 Å². The predicted octanol–water partition coefficient (Wildman–Crippen LogP) is 3.55. The van der Waals surface area contributed by atoms with Crippen molar-refractivity contribution in [1.29, 1.82) is 0 Å². The summed E-state index contributed by atoms with van der Waals surface area (Å²) in [6.07, 6.45) is 0. The fourth-order valence-corrected chi connectivity index (χ4v) is 3.06. The van der Waals surface area contributed by atoms with Crippen LogP contribution in [0.25, 0.3) is 0 Å². The molecule has 0 spiro atoms. The van der Waals surface area contributed by atoms with E-state index >= 15 is 0 Å². The Morgan fingerprint density at radius 1 is 0.947 bits per heavy atom. The van der Waals surface area contributed by atoms with E-state index < -0.39 is 0 Å². The molecule has 1 aliphatic rings. The van der Waals surface area contributed by atoms with Crippen LogP contribution in [0.15, 0.2) is 24.3 Å². The Balaban J connectivity index is 2.08. The van der Waals surface area contributed by atoms with Crippen molar-refractivity contribution in [3.8, 4) is 0 Å². The maximum atomic E-state index is 3.60. The van der Waals surface area contributed by atoms with Crippen LogP contribution in [0.3, 0.4) is 0 Å². The molecule has 2 rings (SSSR count). The van der Waals surface area contributed by atoms with Crippen molar-refractivity contribution >= 4 is 0 Å². The number of nitrogens with zero attached hydrogens (tertiary/aromatic N) is 1. The molecule has 0 aliphatic carbocycles. The first-order valence-electron chi connectivity index (χ1n) is 7.57. The molecule has 0 bridgehead atoms. The Kier molecular flexibility index (Phi) is 4.64. The van der Waals surface area contributed by atoms with E-state index in [0.717, 1.165) is 13.1 Å². The summed E-state index contributed by atoms with van der Waals surface area (Å²) in [7, 11) is 0. The quantitative estimate of drug-likeness (QED) is 0.894. The number of nitrogens with one attached hydrogen (secondary N) is 1. The lowest BCUT2D eigenvalue weighted by atomic mass is 9.98. The van der Waals surface area contributed by atoms with E-state index in [-0.39, 0.29) is 0 Å². The van der Waals surface area contributed by atoms with Crippen LogP contribution < -0.4 is 5.32 Å². The van der Waals surface area contributed by atoms with Crippen molar-refractivity contribution < 1.29 is 0 Å². The molecule has 0 amide bonds. The molecule has 0 radical (unpaired) electrons. The smallest absolute Gasteiger partial charge is 0.0321 e. The van der Waals surface area contributed by atoms with Gasteiger partial charge in [-0.2, -0.15) is 0 Å².